The molecular formula is C17H15N3O3. The monoisotopic (exact) mass is 309 g/mol. The summed E-state index contributed by atoms with van der Waals surface area (Å²) in [5, 5.41) is 13.2. The number of aromatic carboxylic acids is 1. The second-order valence-electron chi connectivity index (χ2n) is 5.75. The van der Waals surface area contributed by atoms with Gasteiger partial charge in [-0.2, -0.15) is 9.61 Å². The highest BCUT2D eigenvalue weighted by Gasteiger charge is 2.23. The van der Waals surface area contributed by atoms with E-state index in [0.29, 0.717) is 12.0 Å². The summed E-state index contributed by atoms with van der Waals surface area (Å²) >= 11 is 0. The lowest BCUT2D eigenvalue weighted by atomic mass is 9.88. The average Bonchev–Trinajstić information content (AvgIpc) is 2.98. The second-order valence-corrected chi connectivity index (χ2v) is 5.75. The van der Waals surface area contributed by atoms with Gasteiger partial charge in [-0.1, -0.05) is 25.1 Å². The summed E-state index contributed by atoms with van der Waals surface area (Å²) in [6.45, 7) is 2.11. The lowest BCUT2D eigenvalue weighted by Gasteiger charge is -2.20. The van der Waals surface area contributed by atoms with E-state index in [2.05, 4.69) is 23.1 Å². The van der Waals surface area contributed by atoms with Crippen molar-refractivity contribution in [3.63, 3.8) is 0 Å². The maximum absolute atomic E-state index is 12.6. The molecule has 1 aliphatic rings. The number of aryl methyl sites for hydroxylation is 2. The van der Waals surface area contributed by atoms with Gasteiger partial charge in [0.2, 0.25) is 0 Å². The van der Waals surface area contributed by atoms with Gasteiger partial charge < -0.3 is 10.1 Å². The number of nitrogens with one attached hydrogen (secondary N) is 1. The Morgan fingerprint density at radius 3 is 2.96 bits per heavy atom. The number of benzene rings is 1. The number of H-pyrrole nitrogens is 1. The van der Waals surface area contributed by atoms with Gasteiger partial charge in [-0.15, -0.1) is 0 Å². The van der Waals surface area contributed by atoms with E-state index in [0.717, 1.165) is 28.6 Å². The zero-order valence-electron chi connectivity index (χ0n) is 12.6. The van der Waals surface area contributed by atoms with Crippen LogP contribution in [0.4, 0.5) is 0 Å². The molecule has 3 aromatic rings. The first-order chi connectivity index (χ1) is 11.1. The fourth-order valence-electron chi connectivity index (χ4n) is 3.25. The van der Waals surface area contributed by atoms with Crippen LogP contribution in [-0.4, -0.2) is 25.7 Å². The Bertz CT molecular complexity index is 1010. The summed E-state index contributed by atoms with van der Waals surface area (Å²) in [7, 11) is 0. The molecule has 0 bridgehead atoms. The number of carbonyl (C=O) groups is 1. The van der Waals surface area contributed by atoms with Crippen LogP contribution in [0.25, 0.3) is 16.9 Å². The standard InChI is InChI=1S/C17H15N3O3/c1-2-9-3-5-11-10(7-9)4-6-12-14(11)19-15-13(17(22)23)8-18-20(15)16(12)21/h3,5,7-8,19H,2,4,6H2,1H3,(H,22,23). The highest BCUT2D eigenvalue weighted by molar-refractivity contribution is 5.94. The van der Waals surface area contributed by atoms with Crippen molar-refractivity contribution < 1.29 is 9.90 Å². The quantitative estimate of drug-likeness (QED) is 0.758. The summed E-state index contributed by atoms with van der Waals surface area (Å²) in [5.74, 6) is -1.10. The van der Waals surface area contributed by atoms with Crippen LogP contribution in [0, 0.1) is 0 Å². The van der Waals surface area contributed by atoms with Gasteiger partial charge in [0.25, 0.3) is 5.56 Å². The largest absolute Gasteiger partial charge is 0.477 e. The van der Waals surface area contributed by atoms with E-state index in [1.807, 2.05) is 12.1 Å². The van der Waals surface area contributed by atoms with Crippen LogP contribution in [0.3, 0.4) is 0 Å². The Balaban J connectivity index is 2.04. The van der Waals surface area contributed by atoms with Crippen LogP contribution in [0.5, 0.6) is 0 Å². The Hall–Kier alpha value is -2.89. The summed E-state index contributed by atoms with van der Waals surface area (Å²) in [6.07, 6.45) is 3.60. The number of hydrogen-bond acceptors (Lipinski definition) is 3. The van der Waals surface area contributed by atoms with Crippen molar-refractivity contribution in [3.8, 4) is 11.3 Å². The number of hydrogen-bond donors (Lipinski definition) is 2. The molecule has 2 N–H and O–H groups in total. The molecule has 2 heterocycles. The number of carboxylic acids is 1. The molecule has 0 unspecified atom stereocenters. The fourth-order valence-corrected chi connectivity index (χ4v) is 3.25. The highest BCUT2D eigenvalue weighted by Crippen LogP contribution is 2.31. The Morgan fingerprint density at radius 1 is 1.39 bits per heavy atom. The van der Waals surface area contributed by atoms with Gasteiger partial charge in [0, 0.05) is 11.1 Å². The maximum atomic E-state index is 12.6. The summed E-state index contributed by atoms with van der Waals surface area (Å²) < 4.78 is 1.15. The number of rotatable bonds is 2. The van der Waals surface area contributed by atoms with Crippen molar-refractivity contribution >= 4 is 11.6 Å². The SMILES string of the molecule is CCc1ccc2c(c1)CCc1c-2[nH]c2c(C(=O)O)cnn2c1=O. The molecule has 23 heavy (non-hydrogen) atoms. The van der Waals surface area contributed by atoms with Crippen LogP contribution < -0.4 is 5.56 Å². The van der Waals surface area contributed by atoms with Crippen LogP contribution in [-0.2, 0) is 19.3 Å². The third-order valence-corrected chi connectivity index (χ3v) is 4.49. The average molecular weight is 309 g/mol. The van der Waals surface area contributed by atoms with Crippen molar-refractivity contribution in [2.45, 2.75) is 26.2 Å². The fraction of sp³-hybridized carbons (Fsp3) is 0.235. The molecule has 1 aromatic carbocycles. The molecule has 1 aliphatic carbocycles. The van der Waals surface area contributed by atoms with Crippen molar-refractivity contribution in [3.05, 3.63) is 57.0 Å². The molecule has 0 spiro atoms. The number of carboxylic acid groups (broad SMARTS) is 1. The lowest BCUT2D eigenvalue weighted by Crippen LogP contribution is -2.24. The van der Waals surface area contributed by atoms with Gasteiger partial charge in [-0.3, -0.25) is 4.79 Å². The van der Waals surface area contributed by atoms with E-state index >= 15 is 0 Å². The molecule has 0 radical (unpaired) electrons. The Labute approximate surface area is 131 Å². The lowest BCUT2D eigenvalue weighted by molar-refractivity contribution is 0.0699. The molecule has 0 saturated heterocycles. The van der Waals surface area contributed by atoms with Crippen LogP contribution >= 0.6 is 0 Å². The molecule has 6 nitrogen and oxygen atoms in total. The van der Waals surface area contributed by atoms with E-state index < -0.39 is 5.97 Å². The van der Waals surface area contributed by atoms with Crippen molar-refractivity contribution in [2.75, 3.05) is 0 Å². The van der Waals surface area contributed by atoms with Gasteiger partial charge in [0.05, 0.1) is 11.9 Å². The summed E-state index contributed by atoms with van der Waals surface area (Å²) in [6, 6.07) is 6.22. The molecule has 0 fully saturated rings. The minimum absolute atomic E-state index is 0.00204. The van der Waals surface area contributed by atoms with E-state index in [9.17, 15) is 14.7 Å². The van der Waals surface area contributed by atoms with Crippen LogP contribution in [0.1, 0.15) is 34.0 Å². The summed E-state index contributed by atoms with van der Waals surface area (Å²) in [5.41, 5.74) is 4.78. The zero-order chi connectivity index (χ0) is 16.1. The molecule has 4 rings (SSSR count). The number of fused-ring (bicyclic) bond motifs is 4. The van der Waals surface area contributed by atoms with Gasteiger partial charge in [-0.25, -0.2) is 4.79 Å². The second kappa shape index (κ2) is 4.81. The molecule has 0 atom stereocenters. The maximum Gasteiger partial charge on any atom is 0.341 e. The first kappa shape index (κ1) is 13.8. The topological polar surface area (TPSA) is 87.5 Å². The molecule has 0 aliphatic heterocycles. The van der Waals surface area contributed by atoms with Crippen LogP contribution in [0.2, 0.25) is 0 Å². The van der Waals surface area contributed by atoms with Crippen molar-refractivity contribution in [2.24, 2.45) is 0 Å². The van der Waals surface area contributed by atoms with Gasteiger partial charge in [-0.05, 0) is 30.4 Å². The van der Waals surface area contributed by atoms with Gasteiger partial charge in [0.1, 0.15) is 5.56 Å². The Morgan fingerprint density at radius 2 is 2.22 bits per heavy atom. The first-order valence-corrected chi connectivity index (χ1v) is 7.58. The minimum Gasteiger partial charge on any atom is -0.477 e. The van der Waals surface area contributed by atoms with Crippen molar-refractivity contribution in [1.29, 1.82) is 0 Å². The molecular weight excluding hydrogens is 294 g/mol. The Kier molecular flexibility index (Phi) is 2.87. The number of aromatic nitrogens is 3. The third-order valence-electron chi connectivity index (χ3n) is 4.49. The van der Waals surface area contributed by atoms with E-state index in [1.165, 1.54) is 17.3 Å². The molecule has 6 heteroatoms. The van der Waals surface area contributed by atoms with E-state index in [4.69, 9.17) is 0 Å². The van der Waals surface area contributed by atoms with Crippen LogP contribution in [0.15, 0.2) is 29.2 Å². The zero-order valence-corrected chi connectivity index (χ0v) is 12.6. The molecule has 0 saturated carbocycles. The molecule has 0 amide bonds. The third kappa shape index (κ3) is 1.91. The van der Waals surface area contributed by atoms with Gasteiger partial charge in [0.15, 0.2) is 5.65 Å². The predicted octanol–water partition coefficient (Wildman–Crippen LogP) is 2.05. The normalized spacial score (nSPS) is 12.9. The number of nitrogens with zero attached hydrogens (tertiary/aromatic N) is 2. The smallest absolute Gasteiger partial charge is 0.341 e. The minimum atomic E-state index is -1.10. The molecule has 2 aromatic heterocycles. The van der Waals surface area contributed by atoms with Crippen molar-refractivity contribution in [1.82, 2.24) is 14.6 Å². The highest BCUT2D eigenvalue weighted by atomic mass is 16.4. The molecule has 116 valence electrons. The summed E-state index contributed by atoms with van der Waals surface area (Å²) in [4.78, 5) is 27.1. The number of aromatic amines is 1. The van der Waals surface area contributed by atoms with E-state index in [-0.39, 0.29) is 16.8 Å². The first-order valence-electron chi connectivity index (χ1n) is 7.58. The van der Waals surface area contributed by atoms with Gasteiger partial charge >= 0.3 is 5.97 Å². The predicted molar refractivity (Wildman–Crippen MR) is 85.0 cm³/mol. The van der Waals surface area contributed by atoms with E-state index in [1.54, 1.807) is 0 Å².